The zero-order valence-corrected chi connectivity index (χ0v) is 16.0. The monoisotopic (exact) mass is 414 g/mol. The first-order valence-corrected chi connectivity index (χ1v) is 10.7. The molecule has 27 heavy (non-hydrogen) atoms. The fourth-order valence-electron chi connectivity index (χ4n) is 2.97. The number of nitrogens with zero attached hydrogens (tertiary/aromatic N) is 2. The molecule has 0 aliphatic carbocycles. The van der Waals surface area contributed by atoms with Crippen LogP contribution in [-0.2, 0) is 24.2 Å². The molecule has 0 radical (unpaired) electrons. The van der Waals surface area contributed by atoms with Gasteiger partial charge in [0.2, 0.25) is 0 Å². The number of benzene rings is 1. The number of methoxy groups -OCH3 is 1. The third-order valence-electron chi connectivity index (χ3n) is 4.09. The summed E-state index contributed by atoms with van der Waals surface area (Å²) in [5.41, 5.74) is 0.700. The van der Waals surface area contributed by atoms with E-state index in [4.69, 9.17) is 14.6 Å². The van der Waals surface area contributed by atoms with Crippen molar-refractivity contribution in [3.05, 3.63) is 24.3 Å². The molecule has 11 heteroatoms. The van der Waals surface area contributed by atoms with E-state index in [-0.39, 0.29) is 22.8 Å². The van der Waals surface area contributed by atoms with Crippen molar-refractivity contribution in [3.63, 3.8) is 0 Å². The molecule has 0 aromatic heterocycles. The molecule has 2 atom stereocenters. The Morgan fingerprint density at radius 2 is 1.96 bits per heavy atom. The Morgan fingerprint density at radius 3 is 2.59 bits per heavy atom. The van der Waals surface area contributed by atoms with Gasteiger partial charge in [-0.15, -0.1) is 0 Å². The fraction of sp³-hybridized carbons (Fsp3) is 0.438. The molecule has 1 aromatic carbocycles. The molecule has 1 amide bonds. The summed E-state index contributed by atoms with van der Waals surface area (Å²) >= 11 is 1.24. The van der Waals surface area contributed by atoms with E-state index in [1.807, 2.05) is 0 Å². The molecular formula is C16H18N2O7S2. The number of carbonyl (C=O) groups is 2. The highest BCUT2D eigenvalue weighted by atomic mass is 32.2. The molecule has 0 saturated carbocycles. The number of anilines is 1. The van der Waals surface area contributed by atoms with Gasteiger partial charge >= 0.3 is 5.97 Å². The van der Waals surface area contributed by atoms with Gasteiger partial charge in [0.15, 0.2) is 15.0 Å². The molecule has 0 bridgehead atoms. The summed E-state index contributed by atoms with van der Waals surface area (Å²) in [7, 11) is -1.61. The van der Waals surface area contributed by atoms with Crippen LogP contribution in [0.3, 0.4) is 0 Å². The summed E-state index contributed by atoms with van der Waals surface area (Å²) in [4.78, 5) is 28.2. The van der Waals surface area contributed by atoms with E-state index in [0.717, 1.165) is 0 Å². The molecule has 146 valence electrons. The third kappa shape index (κ3) is 4.60. The van der Waals surface area contributed by atoms with E-state index < -0.39 is 34.9 Å². The van der Waals surface area contributed by atoms with Gasteiger partial charge < -0.3 is 19.5 Å². The van der Waals surface area contributed by atoms with Gasteiger partial charge in [-0.2, -0.15) is 4.99 Å². The summed E-state index contributed by atoms with van der Waals surface area (Å²) in [5, 5.41) is 8.71. The maximum Gasteiger partial charge on any atom is 0.329 e. The maximum atomic E-state index is 12.0. The lowest BCUT2D eigenvalue weighted by Gasteiger charge is -2.24. The maximum absolute atomic E-state index is 12.0. The second kappa shape index (κ2) is 7.87. The molecule has 2 heterocycles. The van der Waals surface area contributed by atoms with Crippen LogP contribution >= 0.6 is 11.8 Å². The molecule has 2 aliphatic heterocycles. The average Bonchev–Trinajstić information content (AvgIpc) is 3.05. The molecule has 2 aliphatic rings. The predicted octanol–water partition coefficient (Wildman–Crippen LogP) is 0.398. The molecule has 2 fully saturated rings. The number of rotatable bonds is 6. The summed E-state index contributed by atoms with van der Waals surface area (Å²) in [6.07, 6.45) is 0. The van der Waals surface area contributed by atoms with Crippen molar-refractivity contribution in [3.8, 4) is 5.75 Å². The number of fused-ring (bicyclic) bond motifs is 1. The highest BCUT2D eigenvalue weighted by Crippen LogP contribution is 2.41. The van der Waals surface area contributed by atoms with Gasteiger partial charge in [-0.25, -0.2) is 13.2 Å². The number of hydrogen-bond donors (Lipinski definition) is 1. The molecule has 3 rings (SSSR count). The van der Waals surface area contributed by atoms with Gasteiger partial charge in [-0.1, -0.05) is 11.8 Å². The quantitative estimate of drug-likeness (QED) is 0.704. The Labute approximate surface area is 160 Å². The van der Waals surface area contributed by atoms with Crippen molar-refractivity contribution in [2.24, 2.45) is 4.99 Å². The second-order valence-electron chi connectivity index (χ2n) is 6.04. The smallest absolute Gasteiger partial charge is 0.329 e. The largest absolute Gasteiger partial charge is 0.497 e. The van der Waals surface area contributed by atoms with Gasteiger partial charge in [-0.3, -0.25) is 4.79 Å². The first kappa shape index (κ1) is 19.6. The first-order chi connectivity index (χ1) is 12.8. The van der Waals surface area contributed by atoms with E-state index >= 15 is 0 Å². The number of carboxylic acid groups (broad SMARTS) is 1. The first-order valence-electron chi connectivity index (χ1n) is 8.00. The van der Waals surface area contributed by atoms with Crippen molar-refractivity contribution in [2.75, 3.05) is 36.7 Å². The van der Waals surface area contributed by atoms with E-state index in [9.17, 15) is 18.0 Å². The molecule has 1 N–H and O–H groups in total. The van der Waals surface area contributed by atoms with Crippen LogP contribution in [0.15, 0.2) is 29.3 Å². The van der Waals surface area contributed by atoms with E-state index in [0.29, 0.717) is 16.6 Å². The summed E-state index contributed by atoms with van der Waals surface area (Å²) in [5.74, 6) is -1.14. The van der Waals surface area contributed by atoms with Crippen LogP contribution in [0.4, 0.5) is 5.69 Å². The minimum atomic E-state index is -3.15. The van der Waals surface area contributed by atoms with Crippen LogP contribution in [0.2, 0.25) is 0 Å². The number of carbonyl (C=O) groups excluding carboxylic acids is 1. The molecule has 2 saturated heterocycles. The van der Waals surface area contributed by atoms with Crippen LogP contribution < -0.4 is 9.64 Å². The van der Waals surface area contributed by atoms with Crippen LogP contribution in [0, 0.1) is 0 Å². The van der Waals surface area contributed by atoms with Crippen molar-refractivity contribution in [1.82, 2.24) is 0 Å². The molecule has 0 unspecified atom stereocenters. The molecule has 9 nitrogen and oxygen atoms in total. The minimum absolute atomic E-state index is 0.0145. The Bertz CT molecular complexity index is 867. The van der Waals surface area contributed by atoms with Crippen LogP contribution in [0.1, 0.15) is 0 Å². The van der Waals surface area contributed by atoms with Crippen LogP contribution in [0.5, 0.6) is 5.75 Å². The number of aliphatic imine (C=N–C) groups is 1. The van der Waals surface area contributed by atoms with Gasteiger partial charge in [0.1, 0.15) is 19.0 Å². The number of aliphatic carboxylic acids is 1. The standard InChI is InChI=1S/C16H18N2O7S2/c1-24-11-4-2-10(3-5-11)18-12-8-27(22,23)9-13(12)26-16(18)17-14(19)6-25-7-15(20)21/h2-5,12-13H,6-9H2,1H3,(H,20,21)/t12-,13+/m0/s1. The zero-order chi connectivity index (χ0) is 19.6. The van der Waals surface area contributed by atoms with Crippen molar-refractivity contribution >= 4 is 44.3 Å². The number of carboxylic acids is 1. The Morgan fingerprint density at radius 1 is 1.26 bits per heavy atom. The Balaban J connectivity index is 1.84. The molecule has 0 spiro atoms. The summed E-state index contributed by atoms with van der Waals surface area (Å²) in [6.45, 7) is -1.05. The van der Waals surface area contributed by atoms with Gasteiger partial charge in [-0.05, 0) is 24.3 Å². The molecular weight excluding hydrogens is 396 g/mol. The lowest BCUT2D eigenvalue weighted by atomic mass is 10.2. The predicted molar refractivity (Wildman–Crippen MR) is 100 cm³/mol. The summed E-state index contributed by atoms with van der Waals surface area (Å²) < 4.78 is 33.9. The van der Waals surface area contributed by atoms with Gasteiger partial charge in [0.25, 0.3) is 5.91 Å². The van der Waals surface area contributed by atoms with E-state index in [1.54, 1.807) is 36.3 Å². The summed E-state index contributed by atoms with van der Waals surface area (Å²) in [6, 6.07) is 6.71. The Hall–Kier alpha value is -2.11. The zero-order valence-electron chi connectivity index (χ0n) is 14.4. The fourth-order valence-corrected chi connectivity index (χ4v) is 6.91. The number of ether oxygens (including phenoxy) is 2. The number of hydrogen-bond acceptors (Lipinski definition) is 7. The lowest BCUT2D eigenvalue weighted by molar-refractivity contribution is -0.143. The molecule has 1 aromatic rings. The second-order valence-corrected chi connectivity index (χ2v) is 9.40. The highest BCUT2D eigenvalue weighted by molar-refractivity contribution is 8.16. The highest BCUT2D eigenvalue weighted by Gasteiger charge is 2.49. The van der Waals surface area contributed by atoms with Crippen LogP contribution in [-0.4, -0.2) is 73.7 Å². The Kier molecular flexibility index (Phi) is 5.72. The van der Waals surface area contributed by atoms with E-state index in [1.165, 1.54) is 11.8 Å². The van der Waals surface area contributed by atoms with Gasteiger partial charge in [0.05, 0.1) is 24.7 Å². The van der Waals surface area contributed by atoms with Crippen molar-refractivity contribution < 1.29 is 32.6 Å². The van der Waals surface area contributed by atoms with E-state index in [2.05, 4.69) is 4.99 Å². The van der Waals surface area contributed by atoms with Gasteiger partial charge in [0, 0.05) is 10.9 Å². The third-order valence-corrected chi connectivity index (χ3v) is 7.30. The lowest BCUT2D eigenvalue weighted by Crippen LogP contribution is -2.37. The number of amides is 1. The number of thioether (sulfide) groups is 1. The average molecular weight is 414 g/mol. The topological polar surface area (TPSA) is 123 Å². The number of amidine groups is 1. The number of sulfone groups is 1. The SMILES string of the molecule is COc1ccc(N2C(=NC(=O)COCC(=O)O)S[C@@H]3CS(=O)(=O)C[C@@H]32)cc1. The normalized spacial score (nSPS) is 24.8. The van der Waals surface area contributed by atoms with Crippen molar-refractivity contribution in [2.45, 2.75) is 11.3 Å². The van der Waals surface area contributed by atoms with Crippen LogP contribution in [0.25, 0.3) is 0 Å². The minimum Gasteiger partial charge on any atom is -0.497 e. The van der Waals surface area contributed by atoms with Crippen molar-refractivity contribution in [1.29, 1.82) is 0 Å².